The van der Waals surface area contributed by atoms with Crippen molar-refractivity contribution < 1.29 is 18.3 Å². The van der Waals surface area contributed by atoms with Crippen molar-refractivity contribution in [1.82, 2.24) is 14.5 Å². The van der Waals surface area contributed by atoms with Gasteiger partial charge >= 0.3 is 11.8 Å². The van der Waals surface area contributed by atoms with E-state index in [4.69, 9.17) is 4.74 Å². The third kappa shape index (κ3) is 5.03. The van der Waals surface area contributed by atoms with Crippen LogP contribution < -0.4 is 11.2 Å². The number of ether oxygens (including phenoxy) is 1. The van der Waals surface area contributed by atoms with Gasteiger partial charge in [-0.15, -0.1) is 0 Å². The van der Waals surface area contributed by atoms with E-state index in [1.807, 2.05) is 0 Å². The minimum absolute atomic E-state index is 0.0165. The third-order valence-corrected chi connectivity index (χ3v) is 4.58. The van der Waals surface area contributed by atoms with E-state index in [0.717, 1.165) is 22.8 Å². The molecule has 1 amide bonds. The maximum absolute atomic E-state index is 14.7. The van der Waals surface area contributed by atoms with Gasteiger partial charge in [0.25, 0.3) is 5.56 Å². The summed E-state index contributed by atoms with van der Waals surface area (Å²) in [6.07, 6.45) is 2.80. The zero-order valence-corrected chi connectivity index (χ0v) is 17.0. The zero-order valence-electron chi connectivity index (χ0n) is 17.0. The van der Waals surface area contributed by atoms with Gasteiger partial charge in [0.15, 0.2) is 0 Å². The number of hydrogen-bond donors (Lipinski definition) is 1. The van der Waals surface area contributed by atoms with E-state index >= 15 is 0 Å². The van der Waals surface area contributed by atoms with Gasteiger partial charge < -0.3 is 9.64 Å². The molecule has 0 saturated carbocycles. The molecule has 1 aromatic heterocycles. The topological polar surface area (TPSA) is 84.4 Å². The fourth-order valence-corrected chi connectivity index (χ4v) is 3.11. The number of aromatic amines is 1. The van der Waals surface area contributed by atoms with Crippen LogP contribution in [0.15, 0.2) is 40.1 Å². The maximum atomic E-state index is 14.7. The summed E-state index contributed by atoms with van der Waals surface area (Å²) in [4.78, 5) is 38.6. The summed E-state index contributed by atoms with van der Waals surface area (Å²) in [7, 11) is 0. The van der Waals surface area contributed by atoms with Crippen molar-refractivity contribution in [3.8, 4) is 0 Å². The molecular formula is C21H23F2N3O4. The highest BCUT2D eigenvalue weighted by atomic mass is 19.1. The van der Waals surface area contributed by atoms with Gasteiger partial charge in [-0.25, -0.2) is 18.4 Å². The van der Waals surface area contributed by atoms with Crippen molar-refractivity contribution in [2.75, 3.05) is 13.1 Å². The van der Waals surface area contributed by atoms with Gasteiger partial charge in [0, 0.05) is 36.5 Å². The molecule has 0 radical (unpaired) electrons. The molecule has 0 fully saturated rings. The molecule has 0 atom stereocenters. The molecule has 0 aliphatic carbocycles. The van der Waals surface area contributed by atoms with Crippen LogP contribution in [-0.2, 0) is 11.3 Å². The van der Waals surface area contributed by atoms with Crippen LogP contribution in [-0.4, -0.2) is 39.2 Å². The van der Waals surface area contributed by atoms with Crippen molar-refractivity contribution in [1.29, 1.82) is 0 Å². The van der Waals surface area contributed by atoms with E-state index in [2.05, 4.69) is 4.98 Å². The molecule has 0 bridgehead atoms. The Balaban J connectivity index is 1.78. The number of halogens is 2. The first-order chi connectivity index (χ1) is 14.0. The number of H-pyrrole nitrogens is 1. The number of aromatic nitrogens is 2. The quantitative estimate of drug-likeness (QED) is 0.829. The van der Waals surface area contributed by atoms with E-state index in [1.54, 1.807) is 26.8 Å². The summed E-state index contributed by atoms with van der Waals surface area (Å²) in [6, 6.07) is 3.27. The van der Waals surface area contributed by atoms with Crippen molar-refractivity contribution in [2.45, 2.75) is 39.3 Å². The van der Waals surface area contributed by atoms with E-state index in [9.17, 15) is 23.2 Å². The minimum Gasteiger partial charge on any atom is -0.444 e. The normalized spacial score (nSPS) is 14.4. The molecule has 1 aromatic carbocycles. The SMILES string of the molecule is CC(C)(C)OC(=O)N1CC=C(c2cc(F)c(Cn3ccc(=O)[nH]c3=O)cc2F)CC1. The van der Waals surface area contributed by atoms with E-state index in [0.29, 0.717) is 18.5 Å². The maximum Gasteiger partial charge on any atom is 0.410 e. The Kier molecular flexibility index (Phi) is 5.91. The molecule has 1 aliphatic heterocycles. The summed E-state index contributed by atoms with van der Waals surface area (Å²) in [5, 5.41) is 0. The van der Waals surface area contributed by atoms with Crippen LogP contribution in [0.3, 0.4) is 0 Å². The van der Waals surface area contributed by atoms with Crippen molar-refractivity contribution in [2.24, 2.45) is 0 Å². The second kappa shape index (κ2) is 8.25. The Morgan fingerprint density at radius 3 is 2.53 bits per heavy atom. The fourth-order valence-electron chi connectivity index (χ4n) is 3.11. The van der Waals surface area contributed by atoms with Crippen LogP contribution in [0.25, 0.3) is 5.57 Å². The number of carbonyl (C=O) groups excluding carboxylic acids is 1. The molecule has 9 heteroatoms. The van der Waals surface area contributed by atoms with Gasteiger partial charge in [0.1, 0.15) is 17.2 Å². The first kappa shape index (κ1) is 21.5. The highest BCUT2D eigenvalue weighted by Crippen LogP contribution is 2.28. The van der Waals surface area contributed by atoms with Crippen molar-refractivity contribution >= 4 is 11.7 Å². The van der Waals surface area contributed by atoms with Crippen LogP contribution in [0.5, 0.6) is 0 Å². The predicted molar refractivity (Wildman–Crippen MR) is 107 cm³/mol. The summed E-state index contributed by atoms with van der Waals surface area (Å²) in [5.74, 6) is -1.29. The number of nitrogens with one attached hydrogen (secondary N) is 1. The molecule has 0 saturated heterocycles. The number of amides is 1. The first-order valence-electron chi connectivity index (χ1n) is 9.48. The Bertz CT molecular complexity index is 1110. The van der Waals surface area contributed by atoms with Crippen LogP contribution in [0, 0.1) is 11.6 Å². The van der Waals surface area contributed by atoms with Crippen molar-refractivity contribution in [3.63, 3.8) is 0 Å². The van der Waals surface area contributed by atoms with E-state index in [1.165, 1.54) is 11.1 Å². The lowest BCUT2D eigenvalue weighted by Gasteiger charge is -2.29. The van der Waals surface area contributed by atoms with Crippen LogP contribution in [0.2, 0.25) is 0 Å². The molecule has 30 heavy (non-hydrogen) atoms. The molecule has 160 valence electrons. The predicted octanol–water partition coefficient (Wildman–Crippen LogP) is 2.89. The molecule has 3 rings (SSSR count). The second-order valence-corrected chi connectivity index (χ2v) is 8.07. The summed E-state index contributed by atoms with van der Waals surface area (Å²) in [5.41, 5.74) is -1.18. The number of nitrogens with zero attached hydrogens (tertiary/aromatic N) is 2. The van der Waals surface area contributed by atoms with Gasteiger partial charge in [0.2, 0.25) is 0 Å². The lowest BCUT2D eigenvalue weighted by molar-refractivity contribution is 0.0270. The van der Waals surface area contributed by atoms with E-state index in [-0.39, 0.29) is 24.2 Å². The summed E-state index contributed by atoms with van der Waals surface area (Å²) < 4.78 is 35.7. The smallest absolute Gasteiger partial charge is 0.410 e. The first-order valence-corrected chi connectivity index (χ1v) is 9.48. The van der Waals surface area contributed by atoms with Gasteiger partial charge in [-0.1, -0.05) is 6.08 Å². The summed E-state index contributed by atoms with van der Waals surface area (Å²) >= 11 is 0. The Morgan fingerprint density at radius 1 is 1.20 bits per heavy atom. The molecule has 2 aromatic rings. The molecule has 1 N–H and O–H groups in total. The zero-order chi connectivity index (χ0) is 22.1. The van der Waals surface area contributed by atoms with Crippen LogP contribution in [0.1, 0.15) is 38.3 Å². The lowest BCUT2D eigenvalue weighted by Crippen LogP contribution is -2.39. The third-order valence-electron chi connectivity index (χ3n) is 4.58. The molecule has 2 heterocycles. The molecule has 0 unspecified atom stereocenters. The highest BCUT2D eigenvalue weighted by molar-refractivity contribution is 5.73. The van der Waals surface area contributed by atoms with Crippen molar-refractivity contribution in [3.05, 3.63) is 74.1 Å². The fraction of sp³-hybridized carbons (Fsp3) is 0.381. The Morgan fingerprint density at radius 2 is 1.93 bits per heavy atom. The Labute approximate surface area is 171 Å². The standard InChI is InChI=1S/C21H23F2N3O4/c1-21(2,3)30-20(29)25-7-4-13(5-8-25)15-11-16(22)14(10-17(15)23)12-26-9-6-18(27)24-19(26)28/h4,6,9-11H,5,7-8,12H2,1-3H3,(H,24,27,28). The van der Waals surface area contributed by atoms with Gasteiger partial charge in [-0.2, -0.15) is 0 Å². The second-order valence-electron chi connectivity index (χ2n) is 8.07. The lowest BCUT2D eigenvalue weighted by atomic mass is 9.97. The average molecular weight is 419 g/mol. The molecule has 1 aliphatic rings. The molecular weight excluding hydrogens is 396 g/mol. The minimum atomic E-state index is -0.705. The highest BCUT2D eigenvalue weighted by Gasteiger charge is 2.25. The Hall–Kier alpha value is -3.23. The van der Waals surface area contributed by atoms with Crippen LogP contribution >= 0.6 is 0 Å². The van der Waals surface area contributed by atoms with Gasteiger partial charge in [-0.05, 0) is 44.9 Å². The monoisotopic (exact) mass is 419 g/mol. The number of carbonyl (C=O) groups is 1. The number of rotatable bonds is 3. The largest absolute Gasteiger partial charge is 0.444 e. The summed E-state index contributed by atoms with van der Waals surface area (Å²) in [6.45, 7) is 5.67. The van der Waals surface area contributed by atoms with Gasteiger partial charge in [0.05, 0.1) is 6.54 Å². The molecule has 7 nitrogen and oxygen atoms in total. The van der Waals surface area contributed by atoms with E-state index < -0.39 is 34.6 Å². The van der Waals surface area contributed by atoms with Crippen LogP contribution in [0.4, 0.5) is 13.6 Å². The average Bonchev–Trinajstić information content (AvgIpc) is 2.65. The number of hydrogen-bond acceptors (Lipinski definition) is 4. The molecule has 0 spiro atoms. The van der Waals surface area contributed by atoms with Gasteiger partial charge in [-0.3, -0.25) is 14.3 Å². The number of benzene rings is 1.